The number of aryl methyl sites for hydroxylation is 1. The number of carbonyl (C=O) groups excluding carboxylic acids is 1. The molecule has 1 saturated heterocycles. The monoisotopic (exact) mass is 364 g/mol. The van der Waals surface area contributed by atoms with Crippen LogP contribution in [0, 0.1) is 12.7 Å². The topological polar surface area (TPSA) is 80.5 Å². The Kier molecular flexibility index (Phi) is 7.68. The molecular formula is C18H25FN4O3. The van der Waals surface area contributed by atoms with Gasteiger partial charge in [-0.1, -0.05) is 16.8 Å². The minimum absolute atomic E-state index is 0.0671. The summed E-state index contributed by atoms with van der Waals surface area (Å²) in [6.45, 7) is 10.4. The van der Waals surface area contributed by atoms with E-state index in [4.69, 9.17) is 4.52 Å². The summed E-state index contributed by atoms with van der Waals surface area (Å²) < 4.78 is 23.3. The fraction of sp³-hybridized carbons (Fsp3) is 0.500. The van der Waals surface area contributed by atoms with E-state index >= 15 is 0 Å². The number of nitrogens with one attached hydrogen (secondary N) is 1. The van der Waals surface area contributed by atoms with E-state index < -0.39 is 0 Å². The Balaban J connectivity index is 0.000000431. The number of hydrogen-bond acceptors (Lipinski definition) is 7. The van der Waals surface area contributed by atoms with Gasteiger partial charge in [0.1, 0.15) is 5.82 Å². The van der Waals surface area contributed by atoms with Gasteiger partial charge in [0.2, 0.25) is 0 Å². The maximum Gasteiger partial charge on any atom is 0.293 e. The van der Waals surface area contributed by atoms with E-state index in [1.54, 1.807) is 19.1 Å². The van der Waals surface area contributed by atoms with Crippen LogP contribution < -0.4 is 5.32 Å². The Bertz CT molecular complexity index is 701. The van der Waals surface area contributed by atoms with Gasteiger partial charge in [0.25, 0.3) is 12.4 Å². The molecule has 1 aromatic heterocycles. The van der Waals surface area contributed by atoms with E-state index in [0.29, 0.717) is 24.5 Å². The Labute approximate surface area is 152 Å². The highest BCUT2D eigenvalue weighted by atomic mass is 19.1. The van der Waals surface area contributed by atoms with Gasteiger partial charge in [0, 0.05) is 26.2 Å². The van der Waals surface area contributed by atoms with Gasteiger partial charge in [-0.15, -0.1) is 0 Å². The molecule has 142 valence electrons. The first-order valence-electron chi connectivity index (χ1n) is 8.67. The number of ether oxygens (including phenoxy) is 1. The Hall–Kier alpha value is -2.32. The van der Waals surface area contributed by atoms with Crippen molar-refractivity contribution >= 4 is 6.47 Å². The first-order valence-corrected chi connectivity index (χ1v) is 8.67. The third-order valence-electron chi connectivity index (χ3n) is 4.10. The molecule has 1 N–H and O–H groups in total. The van der Waals surface area contributed by atoms with Gasteiger partial charge in [0.15, 0.2) is 5.82 Å². The number of piperazine rings is 1. The van der Waals surface area contributed by atoms with Gasteiger partial charge in [-0.25, -0.2) is 4.39 Å². The summed E-state index contributed by atoms with van der Waals surface area (Å²) >= 11 is 0. The van der Waals surface area contributed by atoms with Crippen molar-refractivity contribution in [3.8, 4) is 11.5 Å². The zero-order valence-electron chi connectivity index (χ0n) is 15.4. The molecule has 1 fully saturated rings. The SMILES string of the molecule is CCOC=O.Cc1ccc(F)c(-c2nc(C(C)N3CCNCC3)no2)c1. The predicted octanol–water partition coefficient (Wildman–Crippen LogP) is 2.33. The molecule has 1 aromatic carbocycles. The first kappa shape index (κ1) is 20.0. The third kappa shape index (κ3) is 5.34. The highest BCUT2D eigenvalue weighted by Crippen LogP contribution is 2.25. The summed E-state index contributed by atoms with van der Waals surface area (Å²) in [6, 6.07) is 4.94. The van der Waals surface area contributed by atoms with Crippen molar-refractivity contribution in [2.75, 3.05) is 32.8 Å². The summed E-state index contributed by atoms with van der Waals surface area (Å²) in [7, 11) is 0. The second kappa shape index (κ2) is 9.98. The molecule has 0 radical (unpaired) electrons. The van der Waals surface area contributed by atoms with Crippen molar-refractivity contribution in [1.29, 1.82) is 0 Å². The van der Waals surface area contributed by atoms with Crippen LogP contribution in [0.3, 0.4) is 0 Å². The third-order valence-corrected chi connectivity index (χ3v) is 4.10. The van der Waals surface area contributed by atoms with Crippen LogP contribution in [0.15, 0.2) is 22.7 Å². The van der Waals surface area contributed by atoms with Crippen molar-refractivity contribution in [3.05, 3.63) is 35.4 Å². The van der Waals surface area contributed by atoms with Crippen LogP contribution in [0.1, 0.15) is 31.3 Å². The molecule has 1 unspecified atom stereocenters. The second-order valence-electron chi connectivity index (χ2n) is 5.95. The molecule has 2 aromatic rings. The predicted molar refractivity (Wildman–Crippen MR) is 95.0 cm³/mol. The van der Waals surface area contributed by atoms with Gasteiger partial charge in [-0.2, -0.15) is 4.98 Å². The quantitative estimate of drug-likeness (QED) is 0.816. The summed E-state index contributed by atoms with van der Waals surface area (Å²) in [4.78, 5) is 15.8. The van der Waals surface area contributed by atoms with Crippen LogP contribution in [-0.4, -0.2) is 54.3 Å². The van der Waals surface area contributed by atoms with Gasteiger partial charge in [-0.05, 0) is 32.9 Å². The van der Waals surface area contributed by atoms with Crippen molar-refractivity contribution in [3.63, 3.8) is 0 Å². The highest BCUT2D eigenvalue weighted by molar-refractivity contribution is 5.55. The van der Waals surface area contributed by atoms with Crippen molar-refractivity contribution in [2.45, 2.75) is 26.8 Å². The summed E-state index contributed by atoms with van der Waals surface area (Å²) in [5.74, 6) is 0.506. The highest BCUT2D eigenvalue weighted by Gasteiger charge is 2.23. The normalized spacial score (nSPS) is 15.7. The molecule has 0 saturated carbocycles. The molecule has 2 heterocycles. The Morgan fingerprint density at radius 3 is 2.77 bits per heavy atom. The number of nitrogens with zero attached hydrogens (tertiary/aromatic N) is 3. The van der Waals surface area contributed by atoms with Crippen LogP contribution in [0.2, 0.25) is 0 Å². The lowest BCUT2D eigenvalue weighted by Gasteiger charge is -2.30. The standard InChI is InChI=1S/C15H19FN4O.C3H6O2/c1-10-3-4-13(16)12(9-10)15-18-14(19-21-15)11(2)20-7-5-17-6-8-20;1-2-5-3-4/h3-4,9,11,17H,5-8H2,1-2H3;3H,2H2,1H3. The van der Waals surface area contributed by atoms with E-state index in [0.717, 1.165) is 31.7 Å². The van der Waals surface area contributed by atoms with Gasteiger partial charge in [-0.3, -0.25) is 9.69 Å². The molecule has 0 spiro atoms. The van der Waals surface area contributed by atoms with E-state index in [2.05, 4.69) is 25.1 Å². The molecule has 1 aliphatic rings. The number of benzene rings is 1. The fourth-order valence-electron chi connectivity index (χ4n) is 2.62. The van der Waals surface area contributed by atoms with Gasteiger partial charge < -0.3 is 14.6 Å². The lowest BCUT2D eigenvalue weighted by Crippen LogP contribution is -2.44. The zero-order valence-corrected chi connectivity index (χ0v) is 15.4. The summed E-state index contributed by atoms with van der Waals surface area (Å²) in [5, 5.41) is 7.33. The number of aromatic nitrogens is 2. The van der Waals surface area contributed by atoms with Gasteiger partial charge in [0.05, 0.1) is 18.2 Å². The molecule has 7 nitrogen and oxygen atoms in total. The molecule has 1 aliphatic heterocycles. The lowest BCUT2D eigenvalue weighted by molar-refractivity contribution is -0.128. The molecule has 0 amide bonds. The van der Waals surface area contributed by atoms with Crippen LogP contribution in [0.5, 0.6) is 0 Å². The Morgan fingerprint density at radius 2 is 2.15 bits per heavy atom. The van der Waals surface area contributed by atoms with Crippen molar-refractivity contribution in [1.82, 2.24) is 20.4 Å². The number of halogens is 1. The smallest absolute Gasteiger partial charge is 0.293 e. The molecule has 1 atom stereocenters. The lowest BCUT2D eigenvalue weighted by atomic mass is 10.1. The van der Waals surface area contributed by atoms with Crippen molar-refractivity contribution < 1.29 is 18.4 Å². The second-order valence-corrected chi connectivity index (χ2v) is 5.95. The Morgan fingerprint density at radius 1 is 1.42 bits per heavy atom. The van der Waals surface area contributed by atoms with Crippen LogP contribution >= 0.6 is 0 Å². The maximum atomic E-state index is 13.9. The van der Waals surface area contributed by atoms with Crippen LogP contribution in [-0.2, 0) is 9.53 Å². The fourth-order valence-corrected chi connectivity index (χ4v) is 2.62. The van der Waals surface area contributed by atoms with Gasteiger partial charge >= 0.3 is 0 Å². The van der Waals surface area contributed by atoms with E-state index in [1.807, 2.05) is 13.8 Å². The zero-order chi connectivity index (χ0) is 18.9. The molecule has 8 heteroatoms. The minimum atomic E-state index is -0.342. The molecule has 3 rings (SSSR count). The van der Waals surface area contributed by atoms with E-state index in [-0.39, 0.29) is 17.7 Å². The number of rotatable bonds is 5. The average Bonchev–Trinajstić information content (AvgIpc) is 3.15. The van der Waals surface area contributed by atoms with Crippen LogP contribution in [0.4, 0.5) is 4.39 Å². The molecular weight excluding hydrogens is 339 g/mol. The van der Waals surface area contributed by atoms with Crippen LogP contribution in [0.25, 0.3) is 11.5 Å². The summed E-state index contributed by atoms with van der Waals surface area (Å²) in [6.07, 6.45) is 0. The molecule has 0 aliphatic carbocycles. The maximum absolute atomic E-state index is 13.9. The number of hydrogen-bond donors (Lipinski definition) is 1. The molecule has 0 bridgehead atoms. The largest absolute Gasteiger partial charge is 0.468 e. The first-order chi connectivity index (χ1) is 12.6. The molecule has 26 heavy (non-hydrogen) atoms. The minimum Gasteiger partial charge on any atom is -0.468 e. The van der Waals surface area contributed by atoms with E-state index in [9.17, 15) is 9.18 Å². The van der Waals surface area contributed by atoms with Crippen molar-refractivity contribution in [2.24, 2.45) is 0 Å². The van der Waals surface area contributed by atoms with E-state index in [1.165, 1.54) is 6.07 Å². The average molecular weight is 364 g/mol. The number of carbonyl (C=O) groups is 1. The summed E-state index contributed by atoms with van der Waals surface area (Å²) in [5.41, 5.74) is 1.32.